The fourth-order valence-corrected chi connectivity index (χ4v) is 3.07. The van der Waals surface area contributed by atoms with E-state index in [1.807, 2.05) is 31.2 Å². The van der Waals surface area contributed by atoms with E-state index in [0.29, 0.717) is 10.4 Å². The maximum Gasteiger partial charge on any atom is 0.229 e. The highest BCUT2D eigenvalue weighted by atomic mass is 32.1. The molecular weight excluding hydrogens is 276 g/mol. The number of hydrogen-bond donors (Lipinski definition) is 2. The maximum absolute atomic E-state index is 11.9. The average molecular weight is 292 g/mol. The molecule has 2 N–H and O–H groups in total. The number of nitrogens with one attached hydrogen (secondary N) is 2. The molecular formula is C14H16N2OS2. The summed E-state index contributed by atoms with van der Waals surface area (Å²) in [5.74, 6) is -0.0161. The average Bonchev–Trinajstić information content (AvgIpc) is 2.68. The molecule has 1 heterocycles. The Morgan fingerprint density at radius 3 is 2.58 bits per heavy atom. The van der Waals surface area contributed by atoms with E-state index in [2.05, 4.69) is 17.2 Å². The van der Waals surface area contributed by atoms with Crippen molar-refractivity contribution in [1.82, 2.24) is 4.98 Å². The normalized spacial score (nSPS) is 10.4. The summed E-state index contributed by atoms with van der Waals surface area (Å²) in [5.41, 5.74) is 3.07. The Morgan fingerprint density at radius 1 is 1.37 bits per heavy atom. The van der Waals surface area contributed by atoms with E-state index in [1.54, 1.807) is 0 Å². The summed E-state index contributed by atoms with van der Waals surface area (Å²) < 4.78 is 0.715. The van der Waals surface area contributed by atoms with E-state index in [1.165, 1.54) is 16.9 Å². The van der Waals surface area contributed by atoms with Gasteiger partial charge in [-0.2, -0.15) is 0 Å². The summed E-state index contributed by atoms with van der Waals surface area (Å²) in [7, 11) is 0. The van der Waals surface area contributed by atoms with Gasteiger partial charge in [-0.3, -0.25) is 4.79 Å². The second-order valence-corrected chi connectivity index (χ2v) is 6.11. The van der Waals surface area contributed by atoms with Gasteiger partial charge in [-0.15, -0.1) is 11.3 Å². The molecule has 0 aliphatic carbocycles. The van der Waals surface area contributed by atoms with Crippen molar-refractivity contribution >= 4 is 35.1 Å². The highest BCUT2D eigenvalue weighted by Gasteiger charge is 2.08. The van der Waals surface area contributed by atoms with E-state index < -0.39 is 0 Å². The van der Waals surface area contributed by atoms with Gasteiger partial charge >= 0.3 is 0 Å². The molecule has 1 amide bonds. The Kier molecular flexibility index (Phi) is 4.50. The number of thiazole rings is 1. The minimum absolute atomic E-state index is 0.0161. The molecule has 0 aliphatic rings. The number of rotatable bonds is 4. The molecule has 0 atom stereocenters. The zero-order chi connectivity index (χ0) is 13.8. The second-order valence-electron chi connectivity index (χ2n) is 4.34. The van der Waals surface area contributed by atoms with E-state index in [-0.39, 0.29) is 5.91 Å². The molecule has 3 nitrogen and oxygen atoms in total. The Morgan fingerprint density at radius 2 is 2.05 bits per heavy atom. The number of carbonyl (C=O) groups excluding carboxylic acids is 1. The molecule has 100 valence electrons. The van der Waals surface area contributed by atoms with E-state index in [0.717, 1.165) is 22.7 Å². The molecule has 2 aromatic rings. The first kappa shape index (κ1) is 14.0. The smallest absolute Gasteiger partial charge is 0.229 e. The zero-order valence-corrected chi connectivity index (χ0v) is 12.6. The molecule has 1 aromatic heterocycles. The summed E-state index contributed by atoms with van der Waals surface area (Å²) in [6.45, 7) is 4.04. The molecule has 0 bridgehead atoms. The van der Waals surface area contributed by atoms with Crippen molar-refractivity contribution in [3.8, 4) is 0 Å². The van der Waals surface area contributed by atoms with E-state index in [9.17, 15) is 4.79 Å². The van der Waals surface area contributed by atoms with Crippen molar-refractivity contribution in [2.45, 2.75) is 26.7 Å². The quantitative estimate of drug-likeness (QED) is 0.841. The van der Waals surface area contributed by atoms with Crippen LogP contribution in [0.3, 0.4) is 0 Å². The molecule has 0 radical (unpaired) electrons. The fourth-order valence-electron chi connectivity index (χ4n) is 1.78. The number of hydrogen-bond acceptors (Lipinski definition) is 3. The molecule has 19 heavy (non-hydrogen) atoms. The number of benzene rings is 1. The highest BCUT2D eigenvalue weighted by Crippen LogP contribution is 2.16. The van der Waals surface area contributed by atoms with Crippen molar-refractivity contribution in [2.24, 2.45) is 0 Å². The largest absolute Gasteiger partial charge is 0.341 e. The van der Waals surface area contributed by atoms with Crippen LogP contribution in [0, 0.1) is 10.9 Å². The predicted octanol–water partition coefficient (Wildman–Crippen LogP) is 3.86. The van der Waals surface area contributed by atoms with E-state index in [4.69, 9.17) is 12.2 Å². The molecule has 2 rings (SSSR count). The summed E-state index contributed by atoms with van der Waals surface area (Å²) >= 11 is 6.52. The van der Waals surface area contributed by atoms with Crippen molar-refractivity contribution in [2.75, 3.05) is 5.32 Å². The lowest BCUT2D eigenvalue weighted by Crippen LogP contribution is -2.14. The number of H-pyrrole nitrogens is 1. The molecule has 0 unspecified atom stereocenters. The minimum atomic E-state index is -0.0161. The van der Waals surface area contributed by atoms with Crippen LogP contribution >= 0.6 is 23.6 Å². The Balaban J connectivity index is 2.00. The third-order valence-electron chi connectivity index (χ3n) is 2.89. The third kappa shape index (κ3) is 3.75. The summed E-state index contributed by atoms with van der Waals surface area (Å²) in [4.78, 5) is 16.0. The van der Waals surface area contributed by atoms with Gasteiger partial charge < -0.3 is 10.3 Å². The number of aryl methyl sites for hydroxylation is 2. The molecule has 0 aliphatic heterocycles. The first-order valence-corrected chi connectivity index (χ1v) is 7.38. The second kappa shape index (κ2) is 6.12. The van der Waals surface area contributed by atoms with Gasteiger partial charge in [-0.25, -0.2) is 0 Å². The van der Waals surface area contributed by atoms with Crippen LogP contribution in [0.5, 0.6) is 0 Å². The van der Waals surface area contributed by atoms with Crippen LogP contribution in [0.15, 0.2) is 24.3 Å². The predicted molar refractivity (Wildman–Crippen MR) is 82.4 cm³/mol. The summed E-state index contributed by atoms with van der Waals surface area (Å²) in [5, 5.41) is 2.90. The number of carbonyl (C=O) groups is 1. The van der Waals surface area contributed by atoms with Crippen LogP contribution in [0.4, 0.5) is 5.69 Å². The number of aromatic amines is 1. The van der Waals surface area contributed by atoms with Crippen LogP contribution in [0.1, 0.15) is 23.1 Å². The minimum Gasteiger partial charge on any atom is -0.341 e. The van der Waals surface area contributed by atoms with Gasteiger partial charge in [0.2, 0.25) is 5.91 Å². The van der Waals surface area contributed by atoms with Crippen molar-refractivity contribution < 1.29 is 4.79 Å². The lowest BCUT2D eigenvalue weighted by atomic mass is 10.1. The standard InChI is InChI=1S/C14H16N2OS2/c1-3-10-4-6-11(7-5-10)16-13(17)8-12-9(2)15-14(18)19-12/h4-7H,3,8H2,1-2H3,(H,15,18)(H,16,17). The highest BCUT2D eigenvalue weighted by molar-refractivity contribution is 7.73. The number of amides is 1. The molecule has 0 spiro atoms. The van der Waals surface area contributed by atoms with Crippen LogP contribution < -0.4 is 5.32 Å². The van der Waals surface area contributed by atoms with Gasteiger partial charge in [-0.05, 0) is 43.3 Å². The molecule has 0 saturated carbocycles. The van der Waals surface area contributed by atoms with Gasteiger partial charge in [0.1, 0.15) is 0 Å². The van der Waals surface area contributed by atoms with Crippen molar-refractivity contribution in [3.63, 3.8) is 0 Å². The molecule has 0 saturated heterocycles. The van der Waals surface area contributed by atoms with Crippen LogP contribution in [-0.4, -0.2) is 10.9 Å². The Hall–Kier alpha value is -1.46. The lowest BCUT2D eigenvalue weighted by molar-refractivity contribution is -0.115. The first-order chi connectivity index (χ1) is 9.08. The maximum atomic E-state index is 11.9. The van der Waals surface area contributed by atoms with Gasteiger partial charge in [0.05, 0.1) is 6.42 Å². The number of anilines is 1. The van der Waals surface area contributed by atoms with Crippen LogP contribution in [-0.2, 0) is 17.6 Å². The van der Waals surface area contributed by atoms with Gasteiger partial charge in [0.25, 0.3) is 0 Å². The fraction of sp³-hybridized carbons (Fsp3) is 0.286. The lowest BCUT2D eigenvalue weighted by Gasteiger charge is -2.05. The van der Waals surface area contributed by atoms with Gasteiger partial charge in [0, 0.05) is 16.3 Å². The SMILES string of the molecule is CCc1ccc(NC(=O)Cc2sc(=S)[nH]c2C)cc1. The Bertz CT molecular complexity index is 626. The molecule has 0 fully saturated rings. The van der Waals surface area contributed by atoms with Gasteiger partial charge in [0.15, 0.2) is 3.95 Å². The molecule has 5 heteroatoms. The van der Waals surface area contributed by atoms with Crippen LogP contribution in [0.2, 0.25) is 0 Å². The number of aromatic nitrogens is 1. The molecule has 1 aromatic carbocycles. The van der Waals surface area contributed by atoms with Crippen molar-refractivity contribution in [1.29, 1.82) is 0 Å². The Labute approximate surface area is 121 Å². The first-order valence-electron chi connectivity index (χ1n) is 6.16. The van der Waals surface area contributed by atoms with Crippen molar-refractivity contribution in [3.05, 3.63) is 44.4 Å². The summed E-state index contributed by atoms with van der Waals surface area (Å²) in [6.07, 6.45) is 1.36. The monoisotopic (exact) mass is 292 g/mol. The summed E-state index contributed by atoms with van der Waals surface area (Å²) in [6, 6.07) is 7.92. The van der Waals surface area contributed by atoms with Gasteiger partial charge in [-0.1, -0.05) is 19.1 Å². The van der Waals surface area contributed by atoms with E-state index >= 15 is 0 Å². The topological polar surface area (TPSA) is 44.9 Å². The zero-order valence-electron chi connectivity index (χ0n) is 10.9. The van der Waals surface area contributed by atoms with Crippen LogP contribution in [0.25, 0.3) is 0 Å². The third-order valence-corrected chi connectivity index (χ3v) is 4.23.